The molecule has 2 heteroatoms. The van der Waals surface area contributed by atoms with Crippen molar-refractivity contribution >= 4 is 11.6 Å². The summed E-state index contributed by atoms with van der Waals surface area (Å²) in [4.78, 5) is 7.40. The van der Waals surface area contributed by atoms with Crippen LogP contribution in [0.4, 0.5) is 0 Å². The van der Waals surface area contributed by atoms with E-state index in [1.807, 2.05) is 6.20 Å². The Morgan fingerprint density at radius 2 is 1.89 bits per heavy atom. The lowest BCUT2D eigenvalue weighted by Gasteiger charge is -2.12. The Hall–Kier alpha value is -1.83. The summed E-state index contributed by atoms with van der Waals surface area (Å²) < 4.78 is 0. The number of aromatic amines is 1. The molecule has 1 heterocycles. The van der Waals surface area contributed by atoms with Crippen molar-refractivity contribution in [1.82, 2.24) is 9.97 Å². The van der Waals surface area contributed by atoms with Gasteiger partial charge in [0.2, 0.25) is 0 Å². The molecule has 94 valence electrons. The fourth-order valence-electron chi connectivity index (χ4n) is 2.17. The van der Waals surface area contributed by atoms with Gasteiger partial charge in [0.05, 0.1) is 12.0 Å². The molecular formula is C16H20N2. The first-order valence-electron chi connectivity index (χ1n) is 6.36. The van der Waals surface area contributed by atoms with Gasteiger partial charge < -0.3 is 4.98 Å². The van der Waals surface area contributed by atoms with E-state index in [2.05, 4.69) is 61.9 Å². The van der Waals surface area contributed by atoms with Crippen LogP contribution in [0.3, 0.4) is 0 Å². The summed E-state index contributed by atoms with van der Waals surface area (Å²) in [5.41, 5.74) is 6.23. The summed E-state index contributed by atoms with van der Waals surface area (Å²) in [5.74, 6) is 0.451. The number of hydrogen-bond acceptors (Lipinski definition) is 1. The fourth-order valence-corrected chi connectivity index (χ4v) is 2.17. The average Bonchev–Trinajstić information content (AvgIpc) is 2.81. The van der Waals surface area contributed by atoms with Gasteiger partial charge in [-0.2, -0.15) is 0 Å². The number of allylic oxidation sites excluding steroid dienone is 1. The lowest BCUT2D eigenvalue weighted by molar-refractivity contribution is 0.854. The van der Waals surface area contributed by atoms with Gasteiger partial charge in [-0.05, 0) is 48.1 Å². The molecule has 1 N–H and O–H groups in total. The zero-order valence-electron chi connectivity index (χ0n) is 11.5. The fraction of sp³-hybridized carbons (Fsp3) is 0.312. The summed E-state index contributed by atoms with van der Waals surface area (Å²) in [6, 6.07) is 6.41. The first-order valence-corrected chi connectivity index (χ1v) is 6.36. The van der Waals surface area contributed by atoms with Gasteiger partial charge >= 0.3 is 0 Å². The Morgan fingerprint density at radius 1 is 1.22 bits per heavy atom. The van der Waals surface area contributed by atoms with Crippen LogP contribution < -0.4 is 0 Å². The molecule has 0 aliphatic carbocycles. The number of aryl methyl sites for hydroxylation is 2. The molecule has 0 atom stereocenters. The van der Waals surface area contributed by atoms with E-state index < -0.39 is 0 Å². The lowest BCUT2D eigenvalue weighted by Crippen LogP contribution is -1.96. The summed E-state index contributed by atoms with van der Waals surface area (Å²) in [7, 11) is 0. The topological polar surface area (TPSA) is 28.7 Å². The molecule has 18 heavy (non-hydrogen) atoms. The second-order valence-corrected chi connectivity index (χ2v) is 5.01. The molecule has 0 fully saturated rings. The van der Waals surface area contributed by atoms with Gasteiger partial charge in [0, 0.05) is 6.20 Å². The SMILES string of the molecule is Cc1cccc(C)c1/C=C(/c1c[nH]cn1)C(C)C. The van der Waals surface area contributed by atoms with Crippen LogP contribution >= 0.6 is 0 Å². The zero-order chi connectivity index (χ0) is 13.1. The highest BCUT2D eigenvalue weighted by Gasteiger charge is 2.10. The van der Waals surface area contributed by atoms with E-state index in [9.17, 15) is 0 Å². The molecule has 0 saturated heterocycles. The van der Waals surface area contributed by atoms with E-state index in [4.69, 9.17) is 0 Å². The van der Waals surface area contributed by atoms with Crippen LogP contribution in [0.5, 0.6) is 0 Å². The molecule has 0 spiro atoms. The molecule has 0 aliphatic rings. The standard InChI is InChI=1S/C16H20N2/c1-11(2)14(16-9-17-10-18-16)8-15-12(3)6-5-7-13(15)4/h5-11H,1-4H3,(H,17,18)/b14-8+. The highest BCUT2D eigenvalue weighted by atomic mass is 14.9. The second-order valence-electron chi connectivity index (χ2n) is 5.01. The Balaban J connectivity index is 2.52. The number of hydrogen-bond donors (Lipinski definition) is 1. The van der Waals surface area contributed by atoms with Crippen molar-refractivity contribution in [2.75, 3.05) is 0 Å². The third-order valence-electron chi connectivity index (χ3n) is 3.26. The van der Waals surface area contributed by atoms with Crippen molar-refractivity contribution in [3.8, 4) is 0 Å². The molecule has 2 nitrogen and oxygen atoms in total. The Bertz CT molecular complexity index is 528. The number of nitrogens with zero attached hydrogens (tertiary/aromatic N) is 1. The Morgan fingerprint density at radius 3 is 2.39 bits per heavy atom. The van der Waals surface area contributed by atoms with Crippen molar-refractivity contribution in [1.29, 1.82) is 0 Å². The maximum absolute atomic E-state index is 4.37. The smallest absolute Gasteiger partial charge is 0.0927 e. The van der Waals surface area contributed by atoms with E-state index in [0.29, 0.717) is 5.92 Å². The van der Waals surface area contributed by atoms with Gasteiger partial charge in [0.15, 0.2) is 0 Å². The summed E-state index contributed by atoms with van der Waals surface area (Å²) in [6.07, 6.45) is 5.96. The predicted octanol–water partition coefficient (Wildman–Crippen LogP) is 4.22. The quantitative estimate of drug-likeness (QED) is 0.854. The van der Waals surface area contributed by atoms with E-state index in [1.54, 1.807) is 6.33 Å². The van der Waals surface area contributed by atoms with Gasteiger partial charge in [0.25, 0.3) is 0 Å². The number of nitrogens with one attached hydrogen (secondary N) is 1. The van der Waals surface area contributed by atoms with Gasteiger partial charge in [-0.15, -0.1) is 0 Å². The third-order valence-corrected chi connectivity index (χ3v) is 3.26. The molecule has 1 aromatic heterocycles. The monoisotopic (exact) mass is 240 g/mol. The summed E-state index contributed by atoms with van der Waals surface area (Å²) in [5, 5.41) is 0. The molecule has 2 aromatic rings. The Labute approximate surface area is 109 Å². The minimum atomic E-state index is 0.451. The highest BCUT2D eigenvalue weighted by molar-refractivity contribution is 5.82. The third kappa shape index (κ3) is 2.53. The summed E-state index contributed by atoms with van der Waals surface area (Å²) >= 11 is 0. The first-order chi connectivity index (χ1) is 8.59. The number of imidazole rings is 1. The van der Waals surface area contributed by atoms with Crippen LogP contribution in [0.1, 0.15) is 36.2 Å². The lowest BCUT2D eigenvalue weighted by atomic mass is 9.94. The molecule has 0 amide bonds. The van der Waals surface area contributed by atoms with Gasteiger partial charge in [-0.3, -0.25) is 0 Å². The normalized spacial score (nSPS) is 12.2. The Kier molecular flexibility index (Phi) is 3.66. The van der Waals surface area contributed by atoms with E-state index in [-0.39, 0.29) is 0 Å². The second kappa shape index (κ2) is 5.21. The number of benzene rings is 1. The number of aromatic nitrogens is 2. The van der Waals surface area contributed by atoms with Crippen LogP contribution in [-0.4, -0.2) is 9.97 Å². The van der Waals surface area contributed by atoms with Crippen molar-refractivity contribution in [2.24, 2.45) is 5.92 Å². The first kappa shape index (κ1) is 12.6. The van der Waals surface area contributed by atoms with Crippen LogP contribution in [0.15, 0.2) is 30.7 Å². The molecule has 2 rings (SSSR count). The average molecular weight is 240 g/mol. The maximum Gasteiger partial charge on any atom is 0.0927 e. The molecule has 0 saturated carbocycles. The van der Waals surface area contributed by atoms with Crippen molar-refractivity contribution in [3.05, 3.63) is 53.1 Å². The van der Waals surface area contributed by atoms with E-state index >= 15 is 0 Å². The van der Waals surface area contributed by atoms with E-state index in [1.165, 1.54) is 22.3 Å². The summed E-state index contributed by atoms with van der Waals surface area (Å²) in [6.45, 7) is 8.71. The largest absolute Gasteiger partial charge is 0.351 e. The van der Waals surface area contributed by atoms with Crippen LogP contribution in [0, 0.1) is 19.8 Å². The minimum Gasteiger partial charge on any atom is -0.351 e. The number of rotatable bonds is 3. The van der Waals surface area contributed by atoms with Gasteiger partial charge in [-0.25, -0.2) is 4.98 Å². The molecule has 0 aliphatic heterocycles. The van der Waals surface area contributed by atoms with Gasteiger partial charge in [-0.1, -0.05) is 32.0 Å². The van der Waals surface area contributed by atoms with Crippen molar-refractivity contribution < 1.29 is 0 Å². The molecular weight excluding hydrogens is 220 g/mol. The van der Waals surface area contributed by atoms with E-state index in [0.717, 1.165) is 5.69 Å². The number of H-pyrrole nitrogens is 1. The molecule has 0 unspecified atom stereocenters. The van der Waals surface area contributed by atoms with Crippen LogP contribution in [-0.2, 0) is 0 Å². The van der Waals surface area contributed by atoms with Crippen LogP contribution in [0.25, 0.3) is 11.6 Å². The predicted molar refractivity (Wildman–Crippen MR) is 77.2 cm³/mol. The minimum absolute atomic E-state index is 0.451. The van der Waals surface area contributed by atoms with Gasteiger partial charge in [0.1, 0.15) is 0 Å². The zero-order valence-corrected chi connectivity index (χ0v) is 11.5. The van der Waals surface area contributed by atoms with Crippen molar-refractivity contribution in [2.45, 2.75) is 27.7 Å². The molecule has 1 aromatic carbocycles. The van der Waals surface area contributed by atoms with Crippen molar-refractivity contribution in [3.63, 3.8) is 0 Å². The van der Waals surface area contributed by atoms with Crippen LogP contribution in [0.2, 0.25) is 0 Å². The maximum atomic E-state index is 4.37. The highest BCUT2D eigenvalue weighted by Crippen LogP contribution is 2.26. The molecule has 0 radical (unpaired) electrons. The molecule has 0 bridgehead atoms.